The Kier molecular flexibility index (Phi) is 4.32. The first kappa shape index (κ1) is 17.3. The number of piperidine rings is 2. The number of aliphatic hydroxyl groups is 4. The zero-order chi connectivity index (χ0) is 17.0. The van der Waals surface area contributed by atoms with Crippen molar-refractivity contribution in [2.24, 2.45) is 10.8 Å². The molecule has 4 aliphatic rings. The number of carbonyl (C=O) groups is 1. The highest BCUT2D eigenvalue weighted by atomic mass is 16.4. The van der Waals surface area contributed by atoms with Crippen LogP contribution in [0.3, 0.4) is 0 Å². The second-order valence-electron chi connectivity index (χ2n) is 7.55. The van der Waals surface area contributed by atoms with Gasteiger partial charge >= 0.3 is 0 Å². The zero-order valence-electron chi connectivity index (χ0n) is 13.9. The highest BCUT2D eigenvalue weighted by Crippen LogP contribution is 2.51. The molecule has 4 N–H and O–H groups in total. The summed E-state index contributed by atoms with van der Waals surface area (Å²) in [4.78, 5) is 17.2. The first-order chi connectivity index (χ1) is 10.8. The van der Waals surface area contributed by atoms with Crippen molar-refractivity contribution < 1.29 is 25.2 Å². The van der Waals surface area contributed by atoms with E-state index >= 15 is 0 Å². The van der Waals surface area contributed by atoms with Crippen LogP contribution in [0.4, 0.5) is 0 Å². The molecule has 132 valence electrons. The van der Waals surface area contributed by atoms with Gasteiger partial charge in [-0.3, -0.25) is 14.6 Å². The standard InChI is InChI=1S/C16H28N2O5/c1-3-15-6-17-8-16(4-2,14(15)23)9-18(7-15)13(17)12(22)11(21)10(20)5-19/h10-13,19-22H,3-9H2,1-2H3/t10-,11-,12-,13?,15?,16?/m1/s1. The van der Waals surface area contributed by atoms with E-state index in [9.17, 15) is 20.1 Å². The molecule has 3 atom stereocenters. The average molecular weight is 328 g/mol. The minimum Gasteiger partial charge on any atom is -0.394 e. The fourth-order valence-electron chi connectivity index (χ4n) is 4.93. The molecule has 0 aliphatic carbocycles. The summed E-state index contributed by atoms with van der Waals surface area (Å²) in [5.74, 6) is 0.353. The van der Waals surface area contributed by atoms with Crippen molar-refractivity contribution in [1.29, 1.82) is 0 Å². The van der Waals surface area contributed by atoms with E-state index < -0.39 is 31.1 Å². The second-order valence-corrected chi connectivity index (χ2v) is 7.55. The molecule has 0 unspecified atom stereocenters. The molecule has 0 spiro atoms. The first-order valence-corrected chi connectivity index (χ1v) is 8.52. The van der Waals surface area contributed by atoms with E-state index in [1.165, 1.54) is 0 Å². The molecular formula is C16H28N2O5. The number of nitrogens with zero attached hydrogens (tertiary/aromatic N) is 2. The topological polar surface area (TPSA) is 104 Å². The van der Waals surface area contributed by atoms with E-state index in [1.807, 2.05) is 13.8 Å². The van der Waals surface area contributed by atoms with Crippen molar-refractivity contribution in [3.63, 3.8) is 0 Å². The Morgan fingerprint density at radius 3 is 1.83 bits per heavy atom. The van der Waals surface area contributed by atoms with Crippen molar-refractivity contribution in [3.8, 4) is 0 Å². The largest absolute Gasteiger partial charge is 0.394 e. The van der Waals surface area contributed by atoms with Crippen molar-refractivity contribution in [1.82, 2.24) is 9.80 Å². The van der Waals surface area contributed by atoms with Crippen LogP contribution in [0, 0.1) is 10.8 Å². The highest BCUT2D eigenvalue weighted by molar-refractivity contribution is 5.93. The SMILES string of the molecule is CCC12CN3CC(CC)(CN(C1)C3[C@H](O)[C@H](O)[C@H](O)CO)C2=O. The third-order valence-electron chi connectivity index (χ3n) is 6.32. The summed E-state index contributed by atoms with van der Waals surface area (Å²) in [6.07, 6.45) is -2.84. The Labute approximate surface area is 136 Å². The normalized spacial score (nSPS) is 46.0. The summed E-state index contributed by atoms with van der Waals surface area (Å²) < 4.78 is 0. The lowest BCUT2D eigenvalue weighted by Crippen LogP contribution is -2.81. The summed E-state index contributed by atoms with van der Waals surface area (Å²) in [5, 5.41) is 39.3. The Morgan fingerprint density at radius 1 is 1.04 bits per heavy atom. The van der Waals surface area contributed by atoms with Gasteiger partial charge in [0.25, 0.3) is 0 Å². The summed E-state index contributed by atoms with van der Waals surface area (Å²) in [6.45, 7) is 5.82. The maximum Gasteiger partial charge on any atom is 0.150 e. The summed E-state index contributed by atoms with van der Waals surface area (Å²) in [6, 6.07) is 0. The molecule has 7 heteroatoms. The third kappa shape index (κ3) is 2.29. The lowest BCUT2D eigenvalue weighted by molar-refractivity contribution is -0.231. The van der Waals surface area contributed by atoms with Gasteiger partial charge < -0.3 is 20.4 Å². The van der Waals surface area contributed by atoms with Crippen LogP contribution < -0.4 is 0 Å². The van der Waals surface area contributed by atoms with Gasteiger partial charge in [0.2, 0.25) is 0 Å². The monoisotopic (exact) mass is 328 g/mol. The molecule has 0 radical (unpaired) electrons. The number of Topliss-reactive ketones (excluding diaryl/α,β-unsaturated/α-hetero) is 1. The Morgan fingerprint density at radius 2 is 1.48 bits per heavy atom. The number of ketones is 1. The zero-order valence-corrected chi connectivity index (χ0v) is 13.9. The van der Waals surface area contributed by atoms with E-state index in [1.54, 1.807) is 0 Å². The van der Waals surface area contributed by atoms with Crippen LogP contribution >= 0.6 is 0 Å². The van der Waals surface area contributed by atoms with Gasteiger partial charge in [0.1, 0.15) is 24.1 Å². The summed E-state index contributed by atoms with van der Waals surface area (Å²) >= 11 is 0. The molecule has 4 fully saturated rings. The van der Waals surface area contributed by atoms with Crippen LogP contribution in [0.25, 0.3) is 0 Å². The fourth-order valence-corrected chi connectivity index (χ4v) is 4.93. The maximum absolute atomic E-state index is 13.0. The third-order valence-corrected chi connectivity index (χ3v) is 6.32. The van der Waals surface area contributed by atoms with Gasteiger partial charge in [0.15, 0.2) is 0 Å². The molecule has 0 aromatic heterocycles. The predicted molar refractivity (Wildman–Crippen MR) is 82.5 cm³/mol. The summed E-state index contributed by atoms with van der Waals surface area (Å²) in [5.41, 5.74) is -0.771. The van der Waals surface area contributed by atoms with Gasteiger partial charge in [-0.15, -0.1) is 0 Å². The van der Waals surface area contributed by atoms with Gasteiger partial charge in [-0.2, -0.15) is 0 Å². The Balaban J connectivity index is 1.88. The van der Waals surface area contributed by atoms with Gasteiger partial charge in [0.05, 0.1) is 23.6 Å². The minimum atomic E-state index is -1.41. The molecule has 4 bridgehead atoms. The lowest BCUT2D eigenvalue weighted by Gasteiger charge is -2.67. The smallest absolute Gasteiger partial charge is 0.150 e. The molecule has 4 aliphatic heterocycles. The van der Waals surface area contributed by atoms with E-state index in [2.05, 4.69) is 9.80 Å². The molecule has 0 aromatic carbocycles. The van der Waals surface area contributed by atoms with Crippen molar-refractivity contribution in [2.45, 2.75) is 51.2 Å². The molecular weight excluding hydrogens is 300 g/mol. The van der Waals surface area contributed by atoms with Gasteiger partial charge in [-0.05, 0) is 12.8 Å². The van der Waals surface area contributed by atoms with Crippen LogP contribution in [0.2, 0.25) is 0 Å². The lowest BCUT2D eigenvalue weighted by atomic mass is 9.58. The number of aliphatic hydroxyl groups excluding tert-OH is 4. The van der Waals surface area contributed by atoms with Crippen LogP contribution in [0.15, 0.2) is 0 Å². The molecule has 4 saturated heterocycles. The molecule has 0 saturated carbocycles. The Hall–Kier alpha value is -0.570. The van der Waals surface area contributed by atoms with Crippen LogP contribution in [0.5, 0.6) is 0 Å². The van der Waals surface area contributed by atoms with E-state index in [0.29, 0.717) is 32.0 Å². The van der Waals surface area contributed by atoms with Crippen molar-refractivity contribution >= 4 is 5.78 Å². The fraction of sp³-hybridized carbons (Fsp3) is 0.938. The van der Waals surface area contributed by atoms with Gasteiger partial charge in [0, 0.05) is 26.2 Å². The van der Waals surface area contributed by atoms with Gasteiger partial charge in [-0.25, -0.2) is 0 Å². The molecule has 0 aromatic rings. The summed E-state index contributed by atoms with van der Waals surface area (Å²) in [7, 11) is 0. The molecule has 0 amide bonds. The molecule has 7 nitrogen and oxygen atoms in total. The number of carbonyl (C=O) groups excluding carboxylic acids is 1. The number of hydrogen-bond acceptors (Lipinski definition) is 7. The van der Waals surface area contributed by atoms with Crippen molar-refractivity contribution in [3.05, 3.63) is 0 Å². The quantitative estimate of drug-likeness (QED) is 0.465. The highest BCUT2D eigenvalue weighted by Gasteiger charge is 2.65. The van der Waals surface area contributed by atoms with Crippen molar-refractivity contribution in [2.75, 3.05) is 32.8 Å². The molecule has 23 heavy (non-hydrogen) atoms. The first-order valence-electron chi connectivity index (χ1n) is 8.52. The van der Waals surface area contributed by atoms with Crippen LogP contribution in [0.1, 0.15) is 26.7 Å². The predicted octanol–water partition coefficient (Wildman–Crippen LogP) is -1.61. The average Bonchev–Trinajstić information content (AvgIpc) is 2.56. The second kappa shape index (κ2) is 5.75. The van der Waals surface area contributed by atoms with Crippen LogP contribution in [-0.2, 0) is 4.79 Å². The van der Waals surface area contributed by atoms with E-state index in [-0.39, 0.29) is 10.8 Å². The van der Waals surface area contributed by atoms with Crippen LogP contribution in [-0.4, -0.2) is 93.3 Å². The minimum absolute atomic E-state index is 0.353. The molecule has 4 rings (SSSR count). The number of rotatable bonds is 6. The molecule has 4 heterocycles. The maximum atomic E-state index is 13.0. The van der Waals surface area contributed by atoms with E-state index in [0.717, 1.165) is 12.8 Å². The number of hydrogen-bond donors (Lipinski definition) is 4. The Bertz CT molecular complexity index is 443. The van der Waals surface area contributed by atoms with E-state index in [4.69, 9.17) is 5.11 Å². The van der Waals surface area contributed by atoms with Gasteiger partial charge in [-0.1, -0.05) is 13.8 Å².